The third-order valence-corrected chi connectivity index (χ3v) is 5.97. The smallest absolute Gasteiger partial charge is 0.258 e. The van der Waals surface area contributed by atoms with Crippen LogP contribution in [0.4, 0.5) is 10.7 Å². The predicted molar refractivity (Wildman–Crippen MR) is 110 cm³/mol. The molecule has 0 saturated carbocycles. The maximum atomic E-state index is 13.0. The fourth-order valence-corrected chi connectivity index (χ4v) is 4.63. The highest BCUT2D eigenvalue weighted by Gasteiger charge is 2.27. The van der Waals surface area contributed by atoms with Crippen molar-refractivity contribution in [2.24, 2.45) is 0 Å². The van der Waals surface area contributed by atoms with Gasteiger partial charge in [-0.1, -0.05) is 29.8 Å². The molecule has 0 spiro atoms. The molecule has 0 saturated heterocycles. The first-order chi connectivity index (χ1) is 13.1. The highest BCUT2D eigenvalue weighted by molar-refractivity contribution is 7.17. The molecule has 4 rings (SSSR count). The number of aryl methyl sites for hydroxylation is 1. The summed E-state index contributed by atoms with van der Waals surface area (Å²) < 4.78 is 0. The Hall–Kier alpha value is -2.63. The van der Waals surface area contributed by atoms with Gasteiger partial charge >= 0.3 is 0 Å². The van der Waals surface area contributed by atoms with Gasteiger partial charge in [-0.15, -0.1) is 11.3 Å². The van der Waals surface area contributed by atoms with Crippen LogP contribution in [-0.2, 0) is 12.8 Å². The van der Waals surface area contributed by atoms with E-state index >= 15 is 0 Å². The van der Waals surface area contributed by atoms with Gasteiger partial charge in [-0.25, -0.2) is 0 Å². The molecule has 1 aliphatic rings. The lowest BCUT2D eigenvalue weighted by Crippen LogP contribution is -2.17. The normalized spacial score (nSPS) is 12.5. The quantitative estimate of drug-likeness (QED) is 0.620. The Morgan fingerprint density at radius 3 is 2.37 bits per heavy atom. The van der Waals surface area contributed by atoms with Crippen molar-refractivity contribution in [1.29, 1.82) is 0 Å². The zero-order valence-electron chi connectivity index (χ0n) is 14.4. The van der Waals surface area contributed by atoms with E-state index in [1.165, 1.54) is 16.2 Å². The van der Waals surface area contributed by atoms with E-state index < -0.39 is 0 Å². The van der Waals surface area contributed by atoms with Gasteiger partial charge in [-0.2, -0.15) is 0 Å². The Bertz CT molecular complexity index is 997. The predicted octanol–water partition coefficient (Wildman–Crippen LogP) is 5.39. The van der Waals surface area contributed by atoms with E-state index in [1.807, 2.05) is 18.2 Å². The first-order valence-corrected chi connectivity index (χ1v) is 9.89. The number of hydrogen-bond acceptors (Lipinski definition) is 3. The number of halogens is 1. The molecule has 2 amide bonds. The fraction of sp³-hybridized carbons (Fsp3) is 0.143. The number of carbonyl (C=O) groups excluding carboxylic acids is 2. The number of thiophene rings is 1. The third kappa shape index (κ3) is 3.75. The number of carbonyl (C=O) groups is 2. The summed E-state index contributed by atoms with van der Waals surface area (Å²) in [6.45, 7) is 0. The average Bonchev–Trinajstić information content (AvgIpc) is 3.25. The molecule has 2 aromatic carbocycles. The summed E-state index contributed by atoms with van der Waals surface area (Å²) in [4.78, 5) is 26.7. The van der Waals surface area contributed by atoms with Crippen molar-refractivity contribution >= 4 is 45.4 Å². The molecule has 0 bridgehead atoms. The van der Waals surface area contributed by atoms with Gasteiger partial charge in [0.05, 0.1) is 5.56 Å². The number of anilines is 2. The van der Waals surface area contributed by atoms with Crippen LogP contribution in [0.5, 0.6) is 0 Å². The second-order valence-corrected chi connectivity index (χ2v) is 7.88. The molecule has 1 aromatic heterocycles. The van der Waals surface area contributed by atoms with Gasteiger partial charge in [0.1, 0.15) is 5.00 Å². The molecule has 0 aliphatic heterocycles. The molecular weight excluding hydrogens is 380 g/mol. The Morgan fingerprint density at radius 2 is 1.63 bits per heavy atom. The minimum Gasteiger partial charge on any atom is -0.322 e. The lowest BCUT2D eigenvalue weighted by Gasteiger charge is -2.10. The first kappa shape index (κ1) is 17.8. The summed E-state index contributed by atoms with van der Waals surface area (Å²) in [5.41, 5.74) is 2.86. The summed E-state index contributed by atoms with van der Waals surface area (Å²) >= 11 is 7.41. The Kier molecular flexibility index (Phi) is 4.97. The van der Waals surface area contributed by atoms with E-state index in [9.17, 15) is 9.59 Å². The van der Waals surface area contributed by atoms with E-state index in [1.54, 1.807) is 36.4 Å². The van der Waals surface area contributed by atoms with Crippen molar-refractivity contribution in [2.45, 2.75) is 19.3 Å². The van der Waals surface area contributed by atoms with Gasteiger partial charge in [0, 0.05) is 21.2 Å². The summed E-state index contributed by atoms with van der Waals surface area (Å²) in [6, 6.07) is 16.0. The van der Waals surface area contributed by atoms with Crippen LogP contribution in [-0.4, -0.2) is 11.8 Å². The van der Waals surface area contributed by atoms with Crippen LogP contribution < -0.4 is 10.6 Å². The van der Waals surface area contributed by atoms with E-state index in [0.29, 0.717) is 26.8 Å². The monoisotopic (exact) mass is 396 g/mol. The topological polar surface area (TPSA) is 58.2 Å². The first-order valence-electron chi connectivity index (χ1n) is 8.69. The van der Waals surface area contributed by atoms with Crippen molar-refractivity contribution in [3.63, 3.8) is 0 Å². The minimum absolute atomic E-state index is 0.208. The SMILES string of the molecule is O=C(Nc1sc2c(c1C(=O)Nc1ccc(Cl)cc1)CCC2)c1ccccc1. The second-order valence-electron chi connectivity index (χ2n) is 6.34. The van der Waals surface area contributed by atoms with Crippen molar-refractivity contribution in [1.82, 2.24) is 0 Å². The number of nitrogens with one attached hydrogen (secondary N) is 2. The van der Waals surface area contributed by atoms with Gasteiger partial charge in [0.25, 0.3) is 11.8 Å². The van der Waals surface area contributed by atoms with E-state index in [-0.39, 0.29) is 11.8 Å². The Labute approximate surface area is 166 Å². The lowest BCUT2D eigenvalue weighted by atomic mass is 10.1. The van der Waals surface area contributed by atoms with Crippen molar-refractivity contribution in [2.75, 3.05) is 10.6 Å². The second kappa shape index (κ2) is 7.55. The average molecular weight is 397 g/mol. The molecule has 4 nitrogen and oxygen atoms in total. The number of fused-ring (bicyclic) bond motifs is 1. The molecule has 0 fully saturated rings. The van der Waals surface area contributed by atoms with Crippen molar-refractivity contribution in [3.05, 3.63) is 81.2 Å². The van der Waals surface area contributed by atoms with Gasteiger partial charge in [-0.3, -0.25) is 9.59 Å². The van der Waals surface area contributed by atoms with Crippen LogP contribution in [0.3, 0.4) is 0 Å². The maximum absolute atomic E-state index is 13.0. The molecule has 1 heterocycles. The van der Waals surface area contributed by atoms with E-state index in [0.717, 1.165) is 24.8 Å². The van der Waals surface area contributed by atoms with Gasteiger partial charge in [0.15, 0.2) is 0 Å². The highest BCUT2D eigenvalue weighted by Crippen LogP contribution is 2.39. The largest absolute Gasteiger partial charge is 0.322 e. The molecule has 0 atom stereocenters. The summed E-state index contributed by atoms with van der Waals surface area (Å²) in [7, 11) is 0. The highest BCUT2D eigenvalue weighted by atomic mass is 35.5. The van der Waals surface area contributed by atoms with E-state index in [4.69, 9.17) is 11.6 Å². The lowest BCUT2D eigenvalue weighted by molar-refractivity contribution is 0.102. The standard InChI is InChI=1S/C21H17ClN2O2S/c22-14-9-11-15(12-10-14)23-20(26)18-16-7-4-8-17(16)27-21(18)24-19(25)13-5-2-1-3-6-13/h1-3,5-6,9-12H,4,7-8H2,(H,23,26)(H,24,25). The van der Waals surface area contributed by atoms with Crippen LogP contribution in [0.2, 0.25) is 5.02 Å². The zero-order valence-corrected chi connectivity index (χ0v) is 16.0. The van der Waals surface area contributed by atoms with Crippen LogP contribution in [0.25, 0.3) is 0 Å². The number of benzene rings is 2. The number of hydrogen-bond donors (Lipinski definition) is 2. The molecule has 0 unspecified atom stereocenters. The fourth-order valence-electron chi connectivity index (χ4n) is 3.22. The van der Waals surface area contributed by atoms with Crippen LogP contribution in [0.15, 0.2) is 54.6 Å². The van der Waals surface area contributed by atoms with Gasteiger partial charge in [0.2, 0.25) is 0 Å². The van der Waals surface area contributed by atoms with Crippen LogP contribution >= 0.6 is 22.9 Å². The van der Waals surface area contributed by atoms with Crippen molar-refractivity contribution < 1.29 is 9.59 Å². The van der Waals surface area contributed by atoms with Gasteiger partial charge in [-0.05, 0) is 61.2 Å². The minimum atomic E-state index is -0.212. The van der Waals surface area contributed by atoms with Crippen LogP contribution in [0, 0.1) is 0 Å². The molecule has 136 valence electrons. The van der Waals surface area contributed by atoms with E-state index in [2.05, 4.69) is 10.6 Å². The molecular formula is C21H17ClN2O2S. The molecule has 27 heavy (non-hydrogen) atoms. The molecule has 3 aromatic rings. The maximum Gasteiger partial charge on any atom is 0.258 e. The van der Waals surface area contributed by atoms with Crippen LogP contribution in [0.1, 0.15) is 37.6 Å². The summed E-state index contributed by atoms with van der Waals surface area (Å²) in [5.74, 6) is -0.420. The third-order valence-electron chi connectivity index (χ3n) is 4.51. The summed E-state index contributed by atoms with van der Waals surface area (Å²) in [6.07, 6.45) is 2.84. The number of rotatable bonds is 4. The molecule has 2 N–H and O–H groups in total. The van der Waals surface area contributed by atoms with Gasteiger partial charge < -0.3 is 10.6 Å². The molecule has 6 heteroatoms. The number of amides is 2. The van der Waals surface area contributed by atoms with Crippen molar-refractivity contribution in [3.8, 4) is 0 Å². The zero-order chi connectivity index (χ0) is 18.8. The Balaban J connectivity index is 1.62. The Morgan fingerprint density at radius 1 is 0.889 bits per heavy atom. The molecule has 0 radical (unpaired) electrons. The summed E-state index contributed by atoms with van der Waals surface area (Å²) in [5, 5.41) is 7.06. The molecule has 1 aliphatic carbocycles.